The van der Waals surface area contributed by atoms with Crippen molar-refractivity contribution in [2.45, 2.75) is 88.6 Å². The number of likely N-dealkylation sites (N-methyl/N-ethyl adjacent to an activating group) is 1. The van der Waals surface area contributed by atoms with Crippen LogP contribution in [0.3, 0.4) is 0 Å². The van der Waals surface area contributed by atoms with Gasteiger partial charge in [0.15, 0.2) is 0 Å². The molecule has 4 rings (SSSR count). The molecule has 1 fully saturated rings. The average molecular weight is 533 g/mol. The monoisotopic (exact) mass is 532 g/mol. The van der Waals surface area contributed by atoms with Gasteiger partial charge in [-0.05, 0) is 100 Å². The van der Waals surface area contributed by atoms with Crippen molar-refractivity contribution in [1.82, 2.24) is 15.5 Å². The van der Waals surface area contributed by atoms with Gasteiger partial charge >= 0.3 is 0 Å². The van der Waals surface area contributed by atoms with Crippen LogP contribution in [-0.2, 0) is 26.2 Å². The first-order chi connectivity index (χ1) is 18.6. The Morgan fingerprint density at radius 1 is 1.08 bits per heavy atom. The van der Waals surface area contributed by atoms with Crippen LogP contribution < -0.4 is 16.4 Å². The summed E-state index contributed by atoms with van der Waals surface area (Å²) in [4.78, 5) is 41.6. The number of nitrogens with two attached hydrogens (primary N) is 1. The van der Waals surface area contributed by atoms with Gasteiger partial charge < -0.3 is 16.4 Å². The van der Waals surface area contributed by atoms with Gasteiger partial charge in [-0.15, -0.1) is 0 Å². The molecule has 39 heavy (non-hydrogen) atoms. The maximum atomic E-state index is 13.8. The first-order valence-corrected chi connectivity index (χ1v) is 14.4. The SMILES string of the molecule is CCN(C(=O)CC1CC2(CCNCC2)c2ccccc21)C(=O)[C@@H](CCCc1ccccc1)NC(=O)C(C)(C)N. The second-order valence-corrected chi connectivity index (χ2v) is 11.8. The van der Waals surface area contributed by atoms with Crippen molar-refractivity contribution in [2.75, 3.05) is 19.6 Å². The first kappa shape index (κ1) is 29.0. The number of carbonyl (C=O) groups excluding carboxylic acids is 3. The highest BCUT2D eigenvalue weighted by molar-refractivity contribution is 6.00. The molecule has 1 aliphatic carbocycles. The number of carbonyl (C=O) groups is 3. The second-order valence-electron chi connectivity index (χ2n) is 11.8. The van der Waals surface area contributed by atoms with Crippen molar-refractivity contribution in [3.05, 3.63) is 71.3 Å². The van der Waals surface area contributed by atoms with Crippen molar-refractivity contribution in [1.29, 1.82) is 0 Å². The third-order valence-electron chi connectivity index (χ3n) is 8.46. The molecule has 2 atom stereocenters. The van der Waals surface area contributed by atoms with E-state index in [1.807, 2.05) is 31.2 Å². The number of hydrogen-bond acceptors (Lipinski definition) is 5. The minimum absolute atomic E-state index is 0.0859. The van der Waals surface area contributed by atoms with E-state index in [-0.39, 0.29) is 29.7 Å². The topological polar surface area (TPSA) is 105 Å². The lowest BCUT2D eigenvalue weighted by Crippen LogP contribution is -2.57. The van der Waals surface area contributed by atoms with Crippen molar-refractivity contribution < 1.29 is 14.4 Å². The fourth-order valence-corrected chi connectivity index (χ4v) is 6.31. The van der Waals surface area contributed by atoms with E-state index >= 15 is 0 Å². The zero-order valence-corrected chi connectivity index (χ0v) is 23.7. The smallest absolute Gasteiger partial charge is 0.251 e. The summed E-state index contributed by atoms with van der Waals surface area (Å²) in [5.74, 6) is -0.844. The Balaban J connectivity index is 1.48. The Hall–Kier alpha value is -3.03. The molecular formula is C32H44N4O3. The van der Waals surface area contributed by atoms with Crippen LogP contribution in [0.2, 0.25) is 0 Å². The Kier molecular flexibility index (Phi) is 9.23. The number of rotatable bonds is 10. The lowest BCUT2D eigenvalue weighted by molar-refractivity contribution is -0.147. The van der Waals surface area contributed by atoms with Crippen LogP contribution in [0, 0.1) is 0 Å². The van der Waals surface area contributed by atoms with Crippen molar-refractivity contribution >= 4 is 17.7 Å². The fourth-order valence-electron chi connectivity index (χ4n) is 6.31. The molecule has 1 spiro atoms. The van der Waals surface area contributed by atoms with Gasteiger partial charge in [0.2, 0.25) is 11.8 Å². The molecule has 0 saturated carbocycles. The van der Waals surface area contributed by atoms with Gasteiger partial charge in [-0.3, -0.25) is 19.3 Å². The lowest BCUT2D eigenvalue weighted by atomic mass is 9.73. The minimum atomic E-state index is -1.13. The van der Waals surface area contributed by atoms with Crippen molar-refractivity contribution in [3.63, 3.8) is 0 Å². The maximum absolute atomic E-state index is 13.8. The molecule has 7 nitrogen and oxygen atoms in total. The number of aryl methyl sites for hydroxylation is 1. The molecule has 0 radical (unpaired) electrons. The number of benzene rings is 2. The van der Waals surface area contributed by atoms with E-state index < -0.39 is 17.5 Å². The highest BCUT2D eigenvalue weighted by Crippen LogP contribution is 2.52. The molecule has 4 N–H and O–H groups in total. The van der Waals surface area contributed by atoms with Crippen LogP contribution in [-0.4, -0.2) is 53.8 Å². The molecule has 7 heteroatoms. The molecule has 1 unspecified atom stereocenters. The van der Waals surface area contributed by atoms with E-state index in [4.69, 9.17) is 5.73 Å². The molecule has 1 saturated heterocycles. The van der Waals surface area contributed by atoms with E-state index in [0.29, 0.717) is 19.3 Å². The maximum Gasteiger partial charge on any atom is 0.251 e. The predicted octanol–water partition coefficient (Wildman–Crippen LogP) is 3.81. The van der Waals surface area contributed by atoms with E-state index in [9.17, 15) is 14.4 Å². The Morgan fingerprint density at radius 2 is 1.74 bits per heavy atom. The highest BCUT2D eigenvalue weighted by Gasteiger charge is 2.45. The molecule has 2 aliphatic rings. The molecule has 0 bridgehead atoms. The highest BCUT2D eigenvalue weighted by atomic mass is 16.2. The third-order valence-corrected chi connectivity index (χ3v) is 8.46. The van der Waals surface area contributed by atoms with Gasteiger partial charge in [-0.2, -0.15) is 0 Å². The molecule has 210 valence electrons. The van der Waals surface area contributed by atoms with Crippen LogP contribution in [0.5, 0.6) is 0 Å². The van der Waals surface area contributed by atoms with Crippen LogP contribution >= 0.6 is 0 Å². The van der Waals surface area contributed by atoms with E-state index in [1.165, 1.54) is 21.6 Å². The second kappa shape index (κ2) is 12.4. The van der Waals surface area contributed by atoms with Gasteiger partial charge in [0.05, 0.1) is 5.54 Å². The number of nitrogens with one attached hydrogen (secondary N) is 2. The summed E-state index contributed by atoms with van der Waals surface area (Å²) in [6.45, 7) is 7.28. The number of imide groups is 1. The van der Waals surface area contributed by atoms with Crippen LogP contribution in [0.4, 0.5) is 0 Å². The Bertz CT molecular complexity index is 1150. The summed E-state index contributed by atoms with van der Waals surface area (Å²) in [6.07, 6.45) is 5.27. The first-order valence-electron chi connectivity index (χ1n) is 14.4. The van der Waals surface area contributed by atoms with E-state index in [2.05, 4.69) is 41.0 Å². The zero-order chi connectivity index (χ0) is 28.0. The number of amides is 3. The number of nitrogens with zero attached hydrogens (tertiary/aromatic N) is 1. The summed E-state index contributed by atoms with van der Waals surface area (Å²) < 4.78 is 0. The Labute approximate surface area is 232 Å². The number of fused-ring (bicyclic) bond motifs is 2. The standard InChI is InChI=1S/C32H44N4O3/c1-4-36(28(37)21-24-22-32(17-19-34-20-18-32)26-15-9-8-14-25(24)26)29(38)27(35-30(39)31(2,3)33)16-10-13-23-11-6-5-7-12-23/h5-9,11-12,14-15,24,27,34H,4,10,13,16-22,33H2,1-3H3,(H,35,39)/t24?,27-/m1/s1. The molecular weight excluding hydrogens is 488 g/mol. The summed E-state index contributed by atoms with van der Waals surface area (Å²) in [5.41, 5.74) is 8.79. The van der Waals surface area contributed by atoms with Crippen LogP contribution in [0.25, 0.3) is 0 Å². The molecule has 0 aromatic heterocycles. The van der Waals surface area contributed by atoms with Gasteiger partial charge in [-0.25, -0.2) is 0 Å². The molecule has 1 heterocycles. The van der Waals surface area contributed by atoms with Gasteiger partial charge in [-0.1, -0.05) is 54.6 Å². The summed E-state index contributed by atoms with van der Waals surface area (Å²) in [5, 5.41) is 6.32. The normalized spacial score (nSPS) is 18.8. The van der Waals surface area contributed by atoms with Gasteiger partial charge in [0.1, 0.15) is 6.04 Å². The molecule has 3 amide bonds. The van der Waals surface area contributed by atoms with E-state index in [1.54, 1.807) is 13.8 Å². The minimum Gasteiger partial charge on any atom is -0.343 e. The number of hydrogen-bond donors (Lipinski definition) is 3. The van der Waals surface area contributed by atoms with Gasteiger partial charge in [0.25, 0.3) is 5.91 Å². The largest absolute Gasteiger partial charge is 0.343 e. The number of piperidine rings is 1. The Morgan fingerprint density at radius 3 is 2.41 bits per heavy atom. The van der Waals surface area contributed by atoms with Crippen molar-refractivity contribution in [3.8, 4) is 0 Å². The van der Waals surface area contributed by atoms with E-state index in [0.717, 1.165) is 38.8 Å². The third kappa shape index (κ3) is 6.76. The van der Waals surface area contributed by atoms with Gasteiger partial charge in [0, 0.05) is 13.0 Å². The van der Waals surface area contributed by atoms with Crippen molar-refractivity contribution in [2.24, 2.45) is 5.73 Å². The molecule has 2 aromatic rings. The zero-order valence-electron chi connectivity index (χ0n) is 23.7. The average Bonchev–Trinajstić information content (AvgIpc) is 3.21. The summed E-state index contributed by atoms with van der Waals surface area (Å²) in [7, 11) is 0. The van der Waals surface area contributed by atoms with Crippen LogP contribution in [0.15, 0.2) is 54.6 Å². The lowest BCUT2D eigenvalue weighted by Gasteiger charge is -2.35. The quantitative estimate of drug-likeness (QED) is 0.432. The molecule has 1 aliphatic heterocycles. The fraction of sp³-hybridized carbons (Fsp3) is 0.531. The summed E-state index contributed by atoms with van der Waals surface area (Å²) >= 11 is 0. The van der Waals surface area contributed by atoms with Crippen LogP contribution in [0.1, 0.15) is 81.9 Å². The predicted molar refractivity (Wildman–Crippen MR) is 154 cm³/mol. The summed E-state index contributed by atoms with van der Waals surface area (Å²) in [6, 6.07) is 17.8. The molecule has 2 aromatic carbocycles.